The first-order chi connectivity index (χ1) is 15.5. The second-order valence-electron chi connectivity index (χ2n) is 9.39. The minimum absolute atomic E-state index is 0.0138. The van der Waals surface area contributed by atoms with Crippen molar-refractivity contribution >= 4 is 21.5 Å². The number of methoxy groups -OCH3 is 1. The number of nitro groups is 1. The maximum Gasteiger partial charge on any atom is 0.269 e. The Bertz CT molecular complexity index is 1190. The second-order valence-corrected chi connectivity index (χ2v) is 11.3. The Morgan fingerprint density at radius 2 is 1.94 bits per heavy atom. The first kappa shape index (κ1) is 23.5. The number of fused-ring (bicyclic) bond motifs is 1. The van der Waals surface area contributed by atoms with E-state index in [9.17, 15) is 23.3 Å². The molecule has 178 valence electrons. The van der Waals surface area contributed by atoms with Gasteiger partial charge >= 0.3 is 0 Å². The first-order valence-electron chi connectivity index (χ1n) is 10.9. The monoisotopic (exact) mass is 476 g/mol. The summed E-state index contributed by atoms with van der Waals surface area (Å²) in [5.41, 5.74) is 1.51. The number of hydrogen-bond acceptors (Lipinski definition) is 7. The molecule has 4 rings (SSSR count). The third kappa shape index (κ3) is 4.32. The average Bonchev–Trinajstić information content (AvgIpc) is 3.37. The highest BCUT2D eigenvalue weighted by Crippen LogP contribution is 2.43. The molecular formula is C22H28N4O6S. The molecule has 11 heteroatoms. The van der Waals surface area contributed by atoms with Crippen LogP contribution in [0.25, 0.3) is 0 Å². The van der Waals surface area contributed by atoms with E-state index in [1.807, 2.05) is 13.8 Å². The Labute approximate surface area is 192 Å². The van der Waals surface area contributed by atoms with E-state index < -0.39 is 21.0 Å². The fraction of sp³-hybridized carbons (Fsp3) is 0.545. The summed E-state index contributed by atoms with van der Waals surface area (Å²) in [6, 6.07) is 4.32. The highest BCUT2D eigenvalue weighted by molar-refractivity contribution is 7.89. The lowest BCUT2D eigenvalue weighted by molar-refractivity contribution is -0.384. The molecule has 1 fully saturated rings. The summed E-state index contributed by atoms with van der Waals surface area (Å²) in [6.45, 7) is 5.29. The number of Topliss-reactive ketones (excluding diaryl/α,β-unsaturated/α-hetero) is 1. The smallest absolute Gasteiger partial charge is 0.269 e. The zero-order chi connectivity index (χ0) is 24.0. The van der Waals surface area contributed by atoms with E-state index >= 15 is 0 Å². The number of benzene rings is 1. The van der Waals surface area contributed by atoms with Gasteiger partial charge in [-0.25, -0.2) is 8.42 Å². The first-order valence-corrected chi connectivity index (χ1v) is 12.4. The van der Waals surface area contributed by atoms with E-state index in [1.165, 1.54) is 28.6 Å². The normalized spacial score (nSPS) is 20.7. The largest absolute Gasteiger partial charge is 0.383 e. The SMILES string of the molecule is COCCn1nc([C@H]2CCCN2S(=O)(=O)c2ccc([N+](=O)[O-])cc2)c2c1CC(C)(C)CC2=O. The van der Waals surface area contributed by atoms with Gasteiger partial charge in [-0.2, -0.15) is 9.40 Å². The van der Waals surface area contributed by atoms with E-state index in [2.05, 4.69) is 0 Å². The quantitative estimate of drug-likeness (QED) is 0.444. The topological polar surface area (TPSA) is 125 Å². The molecule has 10 nitrogen and oxygen atoms in total. The van der Waals surface area contributed by atoms with Gasteiger partial charge in [-0.15, -0.1) is 0 Å². The van der Waals surface area contributed by atoms with E-state index in [0.717, 1.165) is 5.69 Å². The summed E-state index contributed by atoms with van der Waals surface area (Å²) in [4.78, 5) is 23.5. The molecule has 2 aromatic rings. The molecule has 2 heterocycles. The summed E-state index contributed by atoms with van der Waals surface area (Å²) in [5, 5.41) is 15.7. The van der Waals surface area contributed by atoms with Crippen molar-refractivity contribution in [1.82, 2.24) is 14.1 Å². The molecular weight excluding hydrogens is 448 g/mol. The Balaban J connectivity index is 1.75. The minimum atomic E-state index is -3.93. The molecule has 33 heavy (non-hydrogen) atoms. The number of ketones is 1. The van der Waals surface area contributed by atoms with Gasteiger partial charge < -0.3 is 4.74 Å². The highest BCUT2D eigenvalue weighted by atomic mass is 32.2. The number of nitro benzene ring substituents is 1. The van der Waals surface area contributed by atoms with Gasteiger partial charge in [0.2, 0.25) is 10.0 Å². The molecule has 1 atom stereocenters. The second kappa shape index (κ2) is 8.62. The molecule has 1 aromatic heterocycles. The molecule has 0 spiro atoms. The number of nitrogens with zero attached hydrogens (tertiary/aromatic N) is 4. The minimum Gasteiger partial charge on any atom is -0.383 e. The Hall–Kier alpha value is -2.63. The number of hydrogen-bond donors (Lipinski definition) is 0. The van der Waals surface area contributed by atoms with Crippen molar-refractivity contribution in [2.75, 3.05) is 20.3 Å². The van der Waals surface area contributed by atoms with Gasteiger partial charge in [-0.05, 0) is 36.8 Å². The highest BCUT2D eigenvalue weighted by Gasteiger charge is 2.43. The van der Waals surface area contributed by atoms with Gasteiger partial charge in [0.1, 0.15) is 0 Å². The van der Waals surface area contributed by atoms with Crippen molar-refractivity contribution in [2.24, 2.45) is 5.41 Å². The van der Waals surface area contributed by atoms with Crippen LogP contribution in [0.1, 0.15) is 60.9 Å². The Kier molecular flexibility index (Phi) is 6.14. The maximum atomic E-state index is 13.4. The van der Waals surface area contributed by atoms with Crippen LogP contribution in [-0.2, 0) is 27.7 Å². The molecule has 1 aromatic carbocycles. The molecule has 2 aliphatic rings. The van der Waals surface area contributed by atoms with Crippen LogP contribution < -0.4 is 0 Å². The molecule has 0 N–H and O–H groups in total. The average molecular weight is 477 g/mol. The molecule has 0 unspecified atom stereocenters. The number of aromatic nitrogens is 2. The lowest BCUT2D eigenvalue weighted by Gasteiger charge is -2.30. The number of non-ortho nitro benzene ring substituents is 1. The lowest BCUT2D eigenvalue weighted by atomic mass is 9.75. The third-order valence-electron chi connectivity index (χ3n) is 6.33. The van der Waals surface area contributed by atoms with Crippen LogP contribution in [0.15, 0.2) is 29.2 Å². The van der Waals surface area contributed by atoms with Gasteiger partial charge in [0, 0.05) is 32.2 Å². The lowest BCUT2D eigenvalue weighted by Crippen LogP contribution is -2.33. The van der Waals surface area contributed by atoms with Crippen molar-refractivity contribution in [1.29, 1.82) is 0 Å². The van der Waals surface area contributed by atoms with Gasteiger partial charge in [-0.1, -0.05) is 13.8 Å². The summed E-state index contributed by atoms with van der Waals surface area (Å²) in [5.74, 6) is -0.0144. The van der Waals surface area contributed by atoms with Gasteiger partial charge in [0.05, 0.1) is 46.0 Å². The van der Waals surface area contributed by atoms with Crippen LogP contribution in [-0.4, -0.2) is 53.5 Å². The zero-order valence-corrected chi connectivity index (χ0v) is 19.8. The fourth-order valence-electron chi connectivity index (χ4n) is 4.81. The van der Waals surface area contributed by atoms with Crippen LogP contribution in [0, 0.1) is 15.5 Å². The summed E-state index contributed by atoms with van der Waals surface area (Å²) in [7, 11) is -2.33. The standard InChI is InChI=1S/C22H28N4O6S/c1-22(2)13-18-20(19(27)14-22)21(23-24(18)11-12-32-3)17-5-4-10-25(17)33(30,31)16-8-6-15(7-9-16)26(28)29/h6-9,17H,4-5,10-14H2,1-3H3/t17-/m1/s1. The summed E-state index contributed by atoms with van der Waals surface area (Å²) in [6.07, 6.45) is 2.24. The van der Waals surface area contributed by atoms with Crippen molar-refractivity contribution in [3.8, 4) is 0 Å². The molecule has 0 amide bonds. The van der Waals surface area contributed by atoms with E-state index in [0.29, 0.717) is 56.6 Å². The Morgan fingerprint density at radius 3 is 2.58 bits per heavy atom. The van der Waals surface area contributed by atoms with Crippen LogP contribution in [0.3, 0.4) is 0 Å². The number of ether oxygens (including phenoxy) is 1. The van der Waals surface area contributed by atoms with Crippen LogP contribution >= 0.6 is 0 Å². The molecule has 1 saturated heterocycles. The van der Waals surface area contributed by atoms with E-state index in [4.69, 9.17) is 9.84 Å². The van der Waals surface area contributed by atoms with Crippen LogP contribution in [0.5, 0.6) is 0 Å². The predicted molar refractivity (Wildman–Crippen MR) is 119 cm³/mol. The fourth-order valence-corrected chi connectivity index (χ4v) is 6.47. The summed E-state index contributed by atoms with van der Waals surface area (Å²) < 4.78 is 35.3. The van der Waals surface area contributed by atoms with Gasteiger partial charge in [-0.3, -0.25) is 19.6 Å². The number of carbonyl (C=O) groups excluding carboxylic acids is 1. The van der Waals surface area contributed by atoms with Crippen molar-refractivity contribution in [3.63, 3.8) is 0 Å². The van der Waals surface area contributed by atoms with Crippen molar-refractivity contribution in [3.05, 3.63) is 51.3 Å². The molecule has 1 aliphatic heterocycles. The van der Waals surface area contributed by atoms with Crippen LogP contribution in [0.4, 0.5) is 5.69 Å². The van der Waals surface area contributed by atoms with Gasteiger partial charge in [0.25, 0.3) is 5.69 Å². The molecule has 0 saturated carbocycles. The van der Waals surface area contributed by atoms with Crippen molar-refractivity contribution in [2.45, 2.75) is 57.0 Å². The van der Waals surface area contributed by atoms with Crippen LogP contribution in [0.2, 0.25) is 0 Å². The molecule has 0 radical (unpaired) electrons. The third-order valence-corrected chi connectivity index (χ3v) is 8.25. The molecule has 0 bridgehead atoms. The van der Waals surface area contributed by atoms with Gasteiger partial charge in [0.15, 0.2) is 5.78 Å². The zero-order valence-electron chi connectivity index (χ0n) is 19.0. The number of sulfonamides is 1. The van der Waals surface area contributed by atoms with E-state index in [-0.39, 0.29) is 21.8 Å². The Morgan fingerprint density at radius 1 is 1.24 bits per heavy atom. The maximum absolute atomic E-state index is 13.4. The summed E-state index contributed by atoms with van der Waals surface area (Å²) >= 11 is 0. The predicted octanol–water partition coefficient (Wildman–Crippen LogP) is 3.12. The number of carbonyl (C=O) groups is 1. The van der Waals surface area contributed by atoms with Crippen molar-refractivity contribution < 1.29 is 22.9 Å². The number of rotatable bonds is 7. The molecule has 1 aliphatic carbocycles. The van der Waals surface area contributed by atoms with E-state index in [1.54, 1.807) is 11.8 Å².